The van der Waals surface area contributed by atoms with Crippen molar-refractivity contribution < 1.29 is 18.7 Å². The Morgan fingerprint density at radius 3 is 2.73 bits per heavy atom. The number of benzene rings is 2. The van der Waals surface area contributed by atoms with Crippen LogP contribution in [-0.4, -0.2) is 19.6 Å². The summed E-state index contributed by atoms with van der Waals surface area (Å²) in [6, 6.07) is 10.9. The zero-order chi connectivity index (χ0) is 19.1. The van der Waals surface area contributed by atoms with Crippen molar-refractivity contribution in [3.05, 3.63) is 57.8 Å². The van der Waals surface area contributed by atoms with Crippen LogP contribution in [-0.2, 0) is 4.79 Å². The molecule has 0 atom stereocenters. The lowest BCUT2D eigenvalue weighted by Crippen LogP contribution is -2.14. The lowest BCUT2D eigenvalue weighted by atomic mass is 10.1. The summed E-state index contributed by atoms with van der Waals surface area (Å²) in [5, 5.41) is 11.7. The van der Waals surface area contributed by atoms with Crippen LogP contribution in [0.25, 0.3) is 6.08 Å². The summed E-state index contributed by atoms with van der Waals surface area (Å²) in [6.45, 7) is 2.26. The molecule has 7 heteroatoms. The molecule has 1 amide bonds. The van der Waals surface area contributed by atoms with E-state index >= 15 is 0 Å². The van der Waals surface area contributed by atoms with E-state index in [0.29, 0.717) is 28.1 Å². The number of hydrogen-bond donors (Lipinski definition) is 1. The Kier molecular flexibility index (Phi) is 6.75. The molecule has 0 fully saturated rings. The van der Waals surface area contributed by atoms with Crippen LogP contribution < -0.4 is 14.8 Å². The highest BCUT2D eigenvalue weighted by atomic mass is 79.9. The predicted octanol–water partition coefficient (Wildman–Crippen LogP) is 4.54. The van der Waals surface area contributed by atoms with Crippen molar-refractivity contribution in [3.8, 4) is 17.6 Å². The van der Waals surface area contributed by atoms with Crippen LogP contribution in [0.15, 0.2) is 46.4 Å². The number of carbonyl (C=O) groups is 1. The predicted molar refractivity (Wildman–Crippen MR) is 100 cm³/mol. The first-order chi connectivity index (χ1) is 12.5. The minimum atomic E-state index is -0.706. The van der Waals surface area contributed by atoms with Gasteiger partial charge >= 0.3 is 0 Å². The van der Waals surface area contributed by atoms with Crippen LogP contribution in [0.2, 0.25) is 0 Å². The number of anilines is 1. The lowest BCUT2D eigenvalue weighted by molar-refractivity contribution is -0.112. The van der Waals surface area contributed by atoms with Gasteiger partial charge in [-0.3, -0.25) is 4.79 Å². The van der Waals surface area contributed by atoms with E-state index in [9.17, 15) is 14.4 Å². The molecule has 134 valence electrons. The molecule has 0 saturated carbocycles. The number of halogens is 2. The van der Waals surface area contributed by atoms with Gasteiger partial charge in [0.2, 0.25) is 0 Å². The maximum Gasteiger partial charge on any atom is 0.266 e. The maximum atomic E-state index is 13.7. The molecular weight excluding hydrogens is 403 g/mol. The fourth-order valence-corrected chi connectivity index (χ4v) is 2.82. The first-order valence-electron chi connectivity index (χ1n) is 7.68. The molecule has 0 aliphatic carbocycles. The van der Waals surface area contributed by atoms with Gasteiger partial charge < -0.3 is 14.8 Å². The number of carbonyl (C=O) groups excluding carboxylic acids is 1. The molecule has 0 heterocycles. The Morgan fingerprint density at radius 1 is 1.38 bits per heavy atom. The van der Waals surface area contributed by atoms with Crippen molar-refractivity contribution >= 4 is 33.6 Å². The maximum absolute atomic E-state index is 13.7. The second-order valence-corrected chi connectivity index (χ2v) is 5.93. The van der Waals surface area contributed by atoms with Gasteiger partial charge in [0, 0.05) is 0 Å². The number of amides is 1. The minimum absolute atomic E-state index is 0.00423. The van der Waals surface area contributed by atoms with Gasteiger partial charge in [-0.2, -0.15) is 5.26 Å². The molecular formula is C19H16BrFN2O3. The third-order valence-electron chi connectivity index (χ3n) is 3.33. The van der Waals surface area contributed by atoms with Crippen LogP contribution in [0.4, 0.5) is 10.1 Å². The van der Waals surface area contributed by atoms with E-state index in [2.05, 4.69) is 21.2 Å². The normalized spacial score (nSPS) is 10.8. The third kappa shape index (κ3) is 4.61. The number of nitrogens with zero attached hydrogens (tertiary/aromatic N) is 1. The van der Waals surface area contributed by atoms with Crippen LogP contribution in [0, 0.1) is 17.1 Å². The third-order valence-corrected chi connectivity index (χ3v) is 3.92. The van der Waals surface area contributed by atoms with Crippen molar-refractivity contribution in [3.63, 3.8) is 0 Å². The first-order valence-corrected chi connectivity index (χ1v) is 8.47. The molecule has 0 spiro atoms. The molecule has 2 rings (SSSR count). The molecule has 0 bridgehead atoms. The number of rotatable bonds is 6. The number of nitriles is 1. The summed E-state index contributed by atoms with van der Waals surface area (Å²) in [5.74, 6) is -0.299. The van der Waals surface area contributed by atoms with Gasteiger partial charge in [-0.1, -0.05) is 12.1 Å². The van der Waals surface area contributed by atoms with Crippen LogP contribution in [0.1, 0.15) is 12.5 Å². The highest BCUT2D eigenvalue weighted by Crippen LogP contribution is 2.37. The van der Waals surface area contributed by atoms with E-state index in [0.717, 1.165) is 0 Å². The summed E-state index contributed by atoms with van der Waals surface area (Å²) in [5.41, 5.74) is 0.388. The fraction of sp³-hybridized carbons (Fsp3) is 0.158. The minimum Gasteiger partial charge on any atom is -0.492 e. The highest BCUT2D eigenvalue weighted by molar-refractivity contribution is 9.10. The van der Waals surface area contributed by atoms with Gasteiger partial charge in [-0.25, -0.2) is 4.39 Å². The number of nitrogens with one attached hydrogen (secondary N) is 1. The Morgan fingerprint density at radius 2 is 2.12 bits per heavy atom. The van der Waals surface area contributed by atoms with Gasteiger partial charge in [0.1, 0.15) is 17.5 Å². The van der Waals surface area contributed by atoms with Gasteiger partial charge in [0.25, 0.3) is 5.91 Å². The molecule has 5 nitrogen and oxygen atoms in total. The van der Waals surface area contributed by atoms with Crippen LogP contribution in [0.5, 0.6) is 11.5 Å². The molecule has 2 aromatic carbocycles. The molecule has 1 N–H and O–H groups in total. The molecule has 0 aliphatic heterocycles. The van der Waals surface area contributed by atoms with Crippen LogP contribution >= 0.6 is 15.9 Å². The summed E-state index contributed by atoms with van der Waals surface area (Å²) < 4.78 is 25.1. The Balaban J connectivity index is 2.35. The van der Waals surface area contributed by atoms with E-state index < -0.39 is 11.7 Å². The lowest BCUT2D eigenvalue weighted by Gasteiger charge is -2.12. The fourth-order valence-electron chi connectivity index (χ4n) is 2.20. The quantitative estimate of drug-likeness (QED) is 0.551. The van der Waals surface area contributed by atoms with E-state index in [-0.39, 0.29) is 11.3 Å². The monoisotopic (exact) mass is 418 g/mol. The Hall–Kier alpha value is -2.85. The van der Waals surface area contributed by atoms with Crippen molar-refractivity contribution in [2.75, 3.05) is 19.0 Å². The average Bonchev–Trinajstić information content (AvgIpc) is 2.61. The zero-order valence-corrected chi connectivity index (χ0v) is 15.8. The van der Waals surface area contributed by atoms with Crippen molar-refractivity contribution in [1.82, 2.24) is 0 Å². The second kappa shape index (κ2) is 9.02. The van der Waals surface area contributed by atoms with E-state index in [1.165, 1.54) is 31.4 Å². The Bertz CT molecular complexity index is 891. The molecule has 2 aromatic rings. The van der Waals surface area contributed by atoms with Crippen LogP contribution in [0.3, 0.4) is 0 Å². The summed E-state index contributed by atoms with van der Waals surface area (Å²) in [4.78, 5) is 12.3. The SMILES string of the molecule is CCOc1cc(/C=C(\C#N)C(=O)Nc2ccccc2F)cc(Br)c1OC. The number of para-hydroxylation sites is 1. The number of hydrogen-bond acceptors (Lipinski definition) is 4. The molecule has 0 unspecified atom stereocenters. The molecule has 0 radical (unpaired) electrons. The smallest absolute Gasteiger partial charge is 0.266 e. The van der Waals surface area contributed by atoms with Gasteiger partial charge in [-0.05, 0) is 58.8 Å². The molecule has 26 heavy (non-hydrogen) atoms. The Labute approximate surface area is 159 Å². The summed E-state index contributed by atoms with van der Waals surface area (Å²) in [7, 11) is 1.51. The van der Waals surface area contributed by atoms with Crippen molar-refractivity contribution in [2.45, 2.75) is 6.92 Å². The molecule has 0 aliphatic rings. The van der Waals surface area contributed by atoms with Gasteiger partial charge in [-0.15, -0.1) is 0 Å². The second-order valence-electron chi connectivity index (χ2n) is 5.07. The number of ether oxygens (including phenoxy) is 2. The van der Waals surface area contributed by atoms with E-state index in [1.807, 2.05) is 13.0 Å². The van der Waals surface area contributed by atoms with Crippen molar-refractivity contribution in [1.29, 1.82) is 5.26 Å². The van der Waals surface area contributed by atoms with Crippen molar-refractivity contribution in [2.24, 2.45) is 0 Å². The summed E-state index contributed by atoms with van der Waals surface area (Å²) in [6.07, 6.45) is 1.39. The molecule has 0 saturated heterocycles. The average molecular weight is 419 g/mol. The van der Waals surface area contributed by atoms with E-state index in [1.54, 1.807) is 18.2 Å². The molecule has 0 aromatic heterocycles. The van der Waals surface area contributed by atoms with E-state index in [4.69, 9.17) is 9.47 Å². The van der Waals surface area contributed by atoms with Gasteiger partial charge in [0.15, 0.2) is 11.5 Å². The zero-order valence-electron chi connectivity index (χ0n) is 14.2. The summed E-state index contributed by atoms with van der Waals surface area (Å²) >= 11 is 3.37. The standard InChI is InChI=1S/C19H16BrFN2O3/c1-3-26-17-10-12(9-14(20)18(17)25-2)8-13(11-22)19(24)23-16-7-5-4-6-15(16)21/h4-10H,3H2,1-2H3,(H,23,24)/b13-8+. The highest BCUT2D eigenvalue weighted by Gasteiger charge is 2.14. The first kappa shape index (κ1) is 19.5. The largest absolute Gasteiger partial charge is 0.492 e. The topological polar surface area (TPSA) is 71.3 Å². The number of methoxy groups -OCH3 is 1. The van der Waals surface area contributed by atoms with Gasteiger partial charge in [0.05, 0.1) is 23.9 Å².